The molecule has 0 aromatic heterocycles. The third-order valence-corrected chi connectivity index (χ3v) is 8.56. The van der Waals surface area contributed by atoms with Crippen LogP contribution in [0.5, 0.6) is 5.75 Å². The van der Waals surface area contributed by atoms with Gasteiger partial charge in [0.15, 0.2) is 0 Å². The molecule has 53 heavy (non-hydrogen) atoms. The molecule has 286 valence electrons. The second kappa shape index (κ2) is 21.8. The molecule has 0 unspecified atom stereocenters. The number of amides is 5. The molecule has 3 rings (SSSR count). The van der Waals surface area contributed by atoms with Crippen LogP contribution in [0.15, 0.2) is 72.8 Å². The van der Waals surface area contributed by atoms with Crippen molar-refractivity contribution in [2.45, 2.75) is 47.5 Å². The zero-order chi connectivity index (χ0) is 38.8. The van der Waals surface area contributed by atoms with E-state index in [1.54, 1.807) is 48.5 Å². The molecule has 0 aliphatic carbocycles. The molecule has 0 spiro atoms. The van der Waals surface area contributed by atoms with Crippen LogP contribution in [0, 0.1) is 12.8 Å². The number of methoxy groups -OCH3 is 1. The Morgan fingerprint density at radius 3 is 2.08 bits per heavy atom. The second-order valence-electron chi connectivity index (χ2n) is 13.0. The van der Waals surface area contributed by atoms with Gasteiger partial charge in [-0.25, -0.2) is 4.79 Å². The summed E-state index contributed by atoms with van der Waals surface area (Å²) in [6, 6.07) is 20.2. The average molecular weight is 731 g/mol. The Bertz CT molecular complexity index is 1660. The average Bonchev–Trinajstić information content (AvgIpc) is 3.14. The molecule has 0 saturated carbocycles. The number of hydrogen-bond donors (Lipinski definition) is 3. The van der Waals surface area contributed by atoms with Crippen LogP contribution in [0.25, 0.3) is 0 Å². The maximum atomic E-state index is 13.8. The first kappa shape index (κ1) is 42.0. The Labute approximate surface area is 313 Å². The largest absolute Gasteiger partial charge is 0.497 e. The van der Waals surface area contributed by atoms with Crippen molar-refractivity contribution in [3.63, 3.8) is 0 Å². The molecule has 0 aliphatic rings. The van der Waals surface area contributed by atoms with E-state index < -0.39 is 29.7 Å². The van der Waals surface area contributed by atoms with E-state index in [0.717, 1.165) is 18.7 Å². The molecule has 0 aliphatic heterocycles. The monoisotopic (exact) mass is 730 g/mol. The van der Waals surface area contributed by atoms with E-state index in [1.165, 1.54) is 16.9 Å². The molecule has 0 fully saturated rings. The SMILES string of the molecule is CCN(CC)CCOC(=O)CCN(CC(=O)N(CCC(C)C)CC(=O)Nc1ccc(NC(=O)Nc2ccccc2C)cc1)C(=O)c1cccc(OC)c1. The quantitative estimate of drug-likeness (QED) is 0.122. The van der Waals surface area contributed by atoms with Gasteiger partial charge in [-0.15, -0.1) is 0 Å². The predicted molar refractivity (Wildman–Crippen MR) is 207 cm³/mol. The smallest absolute Gasteiger partial charge is 0.323 e. The standard InChI is InChI=1S/C40H54N6O7/c1-7-44(8-2)24-25-53-38(49)21-23-46(39(50)31-13-11-14-34(26-31)52-6)28-37(48)45(22-20-29(3)4)27-36(47)41-32-16-18-33(19-17-32)42-40(51)43-35-15-10-9-12-30(35)5/h9-19,26,29H,7-8,20-25,27-28H2,1-6H3,(H,41,47)(H2,42,43,51). The van der Waals surface area contributed by atoms with Gasteiger partial charge in [0.2, 0.25) is 11.8 Å². The number of esters is 1. The summed E-state index contributed by atoms with van der Waals surface area (Å²) in [6.45, 7) is 12.1. The predicted octanol–water partition coefficient (Wildman–Crippen LogP) is 5.88. The lowest BCUT2D eigenvalue weighted by Gasteiger charge is -2.28. The normalized spacial score (nSPS) is 10.8. The molecule has 0 radical (unpaired) electrons. The van der Waals surface area contributed by atoms with Gasteiger partial charge in [0.1, 0.15) is 18.9 Å². The Morgan fingerprint density at radius 2 is 1.43 bits per heavy atom. The Hall–Kier alpha value is -5.43. The molecular weight excluding hydrogens is 676 g/mol. The number of carbonyl (C=O) groups is 5. The fourth-order valence-electron chi connectivity index (χ4n) is 5.30. The minimum Gasteiger partial charge on any atom is -0.497 e. The highest BCUT2D eigenvalue weighted by Crippen LogP contribution is 2.18. The van der Waals surface area contributed by atoms with Crippen molar-refractivity contribution in [2.75, 3.05) is 75.5 Å². The number of likely N-dealkylation sites (N-methyl/N-ethyl adjacent to an activating group) is 1. The summed E-state index contributed by atoms with van der Waals surface area (Å²) in [5, 5.41) is 8.39. The molecule has 3 aromatic rings. The summed E-state index contributed by atoms with van der Waals surface area (Å²) >= 11 is 0. The molecule has 0 saturated heterocycles. The number of urea groups is 1. The van der Waals surface area contributed by atoms with E-state index in [2.05, 4.69) is 20.9 Å². The highest BCUT2D eigenvalue weighted by atomic mass is 16.5. The van der Waals surface area contributed by atoms with Crippen molar-refractivity contribution in [2.24, 2.45) is 5.92 Å². The van der Waals surface area contributed by atoms with Gasteiger partial charge in [-0.2, -0.15) is 0 Å². The summed E-state index contributed by atoms with van der Waals surface area (Å²) in [4.78, 5) is 70.8. The van der Waals surface area contributed by atoms with Gasteiger partial charge >= 0.3 is 12.0 Å². The van der Waals surface area contributed by atoms with Crippen molar-refractivity contribution < 1.29 is 33.4 Å². The van der Waals surface area contributed by atoms with Gasteiger partial charge in [0.25, 0.3) is 5.91 Å². The number of nitrogens with one attached hydrogen (secondary N) is 3. The fraction of sp³-hybridized carbons (Fsp3) is 0.425. The van der Waals surface area contributed by atoms with E-state index in [0.29, 0.717) is 41.3 Å². The number of benzene rings is 3. The number of aryl methyl sites for hydroxylation is 1. The van der Waals surface area contributed by atoms with Crippen LogP contribution in [-0.2, 0) is 19.1 Å². The maximum Gasteiger partial charge on any atom is 0.323 e. The number of anilines is 3. The third-order valence-electron chi connectivity index (χ3n) is 8.56. The van der Waals surface area contributed by atoms with Crippen molar-refractivity contribution >= 4 is 46.8 Å². The molecule has 5 amide bonds. The van der Waals surface area contributed by atoms with E-state index in [4.69, 9.17) is 9.47 Å². The van der Waals surface area contributed by atoms with Gasteiger partial charge in [-0.05, 0) is 86.4 Å². The lowest BCUT2D eigenvalue weighted by atomic mass is 10.1. The number of para-hydroxylation sites is 1. The first-order chi connectivity index (χ1) is 25.4. The van der Waals surface area contributed by atoms with Gasteiger partial charge in [0.05, 0.1) is 20.1 Å². The molecular formula is C40H54N6O7. The van der Waals surface area contributed by atoms with E-state index in [1.807, 2.05) is 58.9 Å². The fourth-order valence-corrected chi connectivity index (χ4v) is 5.30. The molecule has 0 bridgehead atoms. The summed E-state index contributed by atoms with van der Waals surface area (Å²) < 4.78 is 10.7. The zero-order valence-electron chi connectivity index (χ0n) is 31.8. The summed E-state index contributed by atoms with van der Waals surface area (Å²) in [6.07, 6.45) is 0.527. The van der Waals surface area contributed by atoms with Crippen molar-refractivity contribution in [3.05, 3.63) is 83.9 Å². The summed E-state index contributed by atoms with van der Waals surface area (Å²) in [5.74, 6) is -1.08. The number of rotatable bonds is 20. The van der Waals surface area contributed by atoms with Crippen LogP contribution >= 0.6 is 0 Å². The van der Waals surface area contributed by atoms with E-state index in [-0.39, 0.29) is 45.1 Å². The van der Waals surface area contributed by atoms with Gasteiger partial charge in [-0.1, -0.05) is 52.0 Å². The molecule has 3 N–H and O–H groups in total. The highest BCUT2D eigenvalue weighted by molar-refractivity contribution is 6.01. The first-order valence-electron chi connectivity index (χ1n) is 18.0. The second-order valence-corrected chi connectivity index (χ2v) is 13.0. The number of carbonyl (C=O) groups excluding carboxylic acids is 5. The van der Waals surface area contributed by atoms with E-state index >= 15 is 0 Å². The Morgan fingerprint density at radius 1 is 0.755 bits per heavy atom. The maximum absolute atomic E-state index is 13.8. The van der Waals surface area contributed by atoms with E-state index in [9.17, 15) is 24.0 Å². The third kappa shape index (κ3) is 14.6. The van der Waals surface area contributed by atoms with Crippen molar-refractivity contribution in [1.29, 1.82) is 0 Å². The molecule has 0 atom stereocenters. The van der Waals surface area contributed by atoms with Gasteiger partial charge in [-0.3, -0.25) is 19.2 Å². The minimum absolute atomic E-state index is 0.0561. The lowest BCUT2D eigenvalue weighted by molar-refractivity contribution is -0.144. The van der Waals surface area contributed by atoms with Gasteiger partial charge in [0, 0.05) is 42.3 Å². The van der Waals surface area contributed by atoms with Crippen LogP contribution in [0.2, 0.25) is 0 Å². The molecule has 0 heterocycles. The van der Waals surface area contributed by atoms with Crippen LogP contribution in [-0.4, -0.2) is 104 Å². The lowest BCUT2D eigenvalue weighted by Crippen LogP contribution is -2.46. The Kier molecular flexibility index (Phi) is 17.3. The number of hydrogen-bond acceptors (Lipinski definition) is 8. The minimum atomic E-state index is -0.475. The van der Waals surface area contributed by atoms with Crippen LogP contribution in [0.1, 0.15) is 56.5 Å². The highest BCUT2D eigenvalue weighted by Gasteiger charge is 2.25. The van der Waals surface area contributed by atoms with Crippen molar-refractivity contribution in [1.82, 2.24) is 14.7 Å². The first-order valence-corrected chi connectivity index (χ1v) is 18.0. The summed E-state index contributed by atoms with van der Waals surface area (Å²) in [5.41, 5.74) is 2.92. The van der Waals surface area contributed by atoms with Crippen LogP contribution in [0.4, 0.5) is 21.9 Å². The molecule has 3 aromatic carbocycles. The number of nitrogens with zero attached hydrogens (tertiary/aromatic N) is 3. The van der Waals surface area contributed by atoms with Gasteiger partial charge < -0.3 is 40.1 Å². The summed E-state index contributed by atoms with van der Waals surface area (Å²) in [7, 11) is 1.49. The molecule has 13 nitrogen and oxygen atoms in total. The molecule has 13 heteroatoms. The topological polar surface area (TPSA) is 150 Å². The van der Waals surface area contributed by atoms with Crippen LogP contribution < -0.4 is 20.7 Å². The number of ether oxygens (including phenoxy) is 2. The zero-order valence-corrected chi connectivity index (χ0v) is 31.8. The van der Waals surface area contributed by atoms with Crippen molar-refractivity contribution in [3.8, 4) is 5.75 Å². The van der Waals surface area contributed by atoms with Crippen LogP contribution in [0.3, 0.4) is 0 Å². The Balaban J connectivity index is 1.67.